The number of aromatic nitrogens is 1. The van der Waals surface area contributed by atoms with Gasteiger partial charge in [0.05, 0.1) is 12.2 Å². The number of aromatic hydroxyl groups is 1. The average molecular weight is 338 g/mol. The Bertz CT molecular complexity index is 828. The van der Waals surface area contributed by atoms with Crippen molar-refractivity contribution in [3.8, 4) is 33.9 Å². The molecular formula is C20H22N2O3. The Kier molecular flexibility index (Phi) is 5.23. The van der Waals surface area contributed by atoms with Crippen molar-refractivity contribution in [1.82, 2.24) is 4.98 Å². The number of nitrogens with zero attached hydrogens (tertiary/aromatic N) is 1. The summed E-state index contributed by atoms with van der Waals surface area (Å²) in [7, 11) is 1.76. The topological polar surface area (TPSA) is 67.5 Å². The summed E-state index contributed by atoms with van der Waals surface area (Å²) in [6.07, 6.45) is 5.43. The molecule has 0 aliphatic rings. The summed E-state index contributed by atoms with van der Waals surface area (Å²) in [5.41, 5.74) is 2.16. The minimum absolute atomic E-state index is 0.0862. The number of unbranched alkanes of at least 4 members (excludes halogenated alkanes) is 1. The van der Waals surface area contributed by atoms with Gasteiger partial charge in [-0.05, 0) is 36.2 Å². The average Bonchev–Trinajstić information content (AvgIpc) is 2.99. The van der Waals surface area contributed by atoms with Gasteiger partial charge in [0.2, 0.25) is 5.88 Å². The van der Waals surface area contributed by atoms with Crippen LogP contribution in [0.3, 0.4) is 0 Å². The molecule has 0 bridgehead atoms. The van der Waals surface area contributed by atoms with Gasteiger partial charge < -0.3 is 19.6 Å². The molecule has 3 rings (SSSR count). The summed E-state index contributed by atoms with van der Waals surface area (Å²) in [6.45, 7) is 2.81. The molecule has 0 saturated heterocycles. The SMILES string of the molecule is CCCCOc1cccc(-c2c(NC)oc(-c3cccnc3)c2O)c1. The Morgan fingerprint density at radius 3 is 2.76 bits per heavy atom. The number of nitrogens with one attached hydrogen (secondary N) is 1. The number of anilines is 1. The van der Waals surface area contributed by atoms with Crippen LogP contribution in [0.25, 0.3) is 22.5 Å². The van der Waals surface area contributed by atoms with Crippen molar-refractivity contribution < 1.29 is 14.3 Å². The smallest absolute Gasteiger partial charge is 0.205 e. The van der Waals surface area contributed by atoms with Crippen molar-refractivity contribution in [2.24, 2.45) is 0 Å². The summed E-state index contributed by atoms with van der Waals surface area (Å²) in [5, 5.41) is 13.8. The van der Waals surface area contributed by atoms with Crippen LogP contribution in [0, 0.1) is 0 Å². The van der Waals surface area contributed by atoms with Crippen LogP contribution in [0.5, 0.6) is 11.5 Å². The van der Waals surface area contributed by atoms with Crippen molar-refractivity contribution in [2.45, 2.75) is 19.8 Å². The van der Waals surface area contributed by atoms with Crippen LogP contribution in [0.4, 0.5) is 5.88 Å². The second kappa shape index (κ2) is 7.75. The van der Waals surface area contributed by atoms with Crippen molar-refractivity contribution in [3.05, 3.63) is 48.8 Å². The zero-order valence-corrected chi connectivity index (χ0v) is 14.5. The lowest BCUT2D eigenvalue weighted by Gasteiger charge is -2.08. The van der Waals surface area contributed by atoms with E-state index in [0.29, 0.717) is 23.8 Å². The lowest BCUT2D eigenvalue weighted by Crippen LogP contribution is -1.96. The van der Waals surface area contributed by atoms with E-state index in [9.17, 15) is 5.11 Å². The van der Waals surface area contributed by atoms with E-state index in [1.54, 1.807) is 25.5 Å². The van der Waals surface area contributed by atoms with Crippen LogP contribution in [-0.4, -0.2) is 23.7 Å². The molecule has 0 unspecified atom stereocenters. The van der Waals surface area contributed by atoms with Gasteiger partial charge in [0.25, 0.3) is 0 Å². The molecule has 25 heavy (non-hydrogen) atoms. The summed E-state index contributed by atoms with van der Waals surface area (Å²) in [4.78, 5) is 4.08. The van der Waals surface area contributed by atoms with Gasteiger partial charge in [-0.15, -0.1) is 0 Å². The number of benzene rings is 1. The van der Waals surface area contributed by atoms with Gasteiger partial charge in [-0.3, -0.25) is 4.98 Å². The van der Waals surface area contributed by atoms with Gasteiger partial charge >= 0.3 is 0 Å². The second-order valence-corrected chi connectivity index (χ2v) is 5.71. The highest BCUT2D eigenvalue weighted by Crippen LogP contribution is 2.46. The van der Waals surface area contributed by atoms with E-state index in [4.69, 9.17) is 9.15 Å². The van der Waals surface area contributed by atoms with E-state index >= 15 is 0 Å². The Morgan fingerprint density at radius 2 is 2.04 bits per heavy atom. The zero-order chi connectivity index (χ0) is 17.6. The van der Waals surface area contributed by atoms with Crippen molar-refractivity contribution in [1.29, 1.82) is 0 Å². The maximum Gasteiger partial charge on any atom is 0.205 e. The van der Waals surface area contributed by atoms with E-state index in [-0.39, 0.29) is 5.75 Å². The number of rotatable bonds is 7. The first-order valence-electron chi connectivity index (χ1n) is 8.41. The zero-order valence-electron chi connectivity index (χ0n) is 14.5. The second-order valence-electron chi connectivity index (χ2n) is 5.71. The maximum atomic E-state index is 10.8. The van der Waals surface area contributed by atoms with Gasteiger partial charge in [0.1, 0.15) is 5.75 Å². The summed E-state index contributed by atoms with van der Waals surface area (Å²) in [6, 6.07) is 11.3. The fourth-order valence-corrected chi connectivity index (χ4v) is 2.63. The van der Waals surface area contributed by atoms with E-state index in [1.807, 2.05) is 30.3 Å². The molecule has 0 radical (unpaired) electrons. The molecule has 2 heterocycles. The molecule has 0 aliphatic heterocycles. The molecule has 0 fully saturated rings. The number of ether oxygens (including phenoxy) is 1. The van der Waals surface area contributed by atoms with Crippen LogP contribution in [0.15, 0.2) is 53.2 Å². The van der Waals surface area contributed by atoms with Gasteiger partial charge in [-0.1, -0.05) is 25.5 Å². The van der Waals surface area contributed by atoms with Gasteiger partial charge in [0, 0.05) is 25.0 Å². The highest BCUT2D eigenvalue weighted by Gasteiger charge is 2.22. The largest absolute Gasteiger partial charge is 0.504 e. The first-order chi connectivity index (χ1) is 12.2. The molecule has 0 atom stereocenters. The summed E-state index contributed by atoms with van der Waals surface area (Å²) >= 11 is 0. The number of hydrogen-bond donors (Lipinski definition) is 2. The highest BCUT2D eigenvalue weighted by molar-refractivity contribution is 5.87. The fourth-order valence-electron chi connectivity index (χ4n) is 2.63. The Hall–Kier alpha value is -2.95. The molecule has 130 valence electrons. The standard InChI is InChI=1S/C20H22N2O3/c1-3-4-11-24-16-9-5-7-14(12-16)17-18(23)19(25-20(17)21-2)15-8-6-10-22-13-15/h5-10,12-13,21,23H,3-4,11H2,1-2H3. The molecule has 3 aromatic rings. The maximum absolute atomic E-state index is 10.8. The molecular weight excluding hydrogens is 316 g/mol. The van der Waals surface area contributed by atoms with E-state index in [0.717, 1.165) is 29.7 Å². The monoisotopic (exact) mass is 338 g/mol. The predicted octanol–water partition coefficient (Wildman–Crippen LogP) is 4.93. The molecule has 0 saturated carbocycles. The molecule has 0 aliphatic carbocycles. The Labute approximate surface area is 147 Å². The minimum atomic E-state index is 0.0862. The van der Waals surface area contributed by atoms with Crippen molar-refractivity contribution in [3.63, 3.8) is 0 Å². The van der Waals surface area contributed by atoms with Crippen LogP contribution < -0.4 is 10.1 Å². The lowest BCUT2D eigenvalue weighted by molar-refractivity contribution is 0.309. The van der Waals surface area contributed by atoms with Gasteiger partial charge in [-0.25, -0.2) is 0 Å². The van der Waals surface area contributed by atoms with Gasteiger partial charge in [-0.2, -0.15) is 0 Å². The van der Waals surface area contributed by atoms with E-state index in [2.05, 4.69) is 17.2 Å². The highest BCUT2D eigenvalue weighted by atomic mass is 16.5. The van der Waals surface area contributed by atoms with Crippen LogP contribution in [0.1, 0.15) is 19.8 Å². The molecule has 2 aromatic heterocycles. The van der Waals surface area contributed by atoms with Gasteiger partial charge in [0.15, 0.2) is 11.5 Å². The fraction of sp³-hybridized carbons (Fsp3) is 0.250. The summed E-state index contributed by atoms with van der Waals surface area (Å²) in [5.74, 6) is 1.76. The van der Waals surface area contributed by atoms with Crippen molar-refractivity contribution >= 4 is 5.88 Å². The third-order valence-electron chi connectivity index (χ3n) is 3.92. The summed E-state index contributed by atoms with van der Waals surface area (Å²) < 4.78 is 11.6. The molecule has 2 N–H and O–H groups in total. The number of pyridine rings is 1. The predicted molar refractivity (Wildman–Crippen MR) is 99.0 cm³/mol. The van der Waals surface area contributed by atoms with Crippen LogP contribution in [-0.2, 0) is 0 Å². The number of furan rings is 1. The Balaban J connectivity index is 2.00. The van der Waals surface area contributed by atoms with Crippen LogP contribution in [0.2, 0.25) is 0 Å². The minimum Gasteiger partial charge on any atom is -0.504 e. The lowest BCUT2D eigenvalue weighted by atomic mass is 10.1. The number of hydrogen-bond acceptors (Lipinski definition) is 5. The third-order valence-corrected chi connectivity index (χ3v) is 3.92. The molecule has 0 amide bonds. The molecule has 5 heteroatoms. The molecule has 0 spiro atoms. The van der Waals surface area contributed by atoms with Crippen LogP contribution >= 0.6 is 0 Å². The van der Waals surface area contributed by atoms with Crippen molar-refractivity contribution in [2.75, 3.05) is 19.0 Å². The Morgan fingerprint density at radius 1 is 1.20 bits per heavy atom. The molecule has 5 nitrogen and oxygen atoms in total. The molecule has 1 aromatic carbocycles. The first-order valence-corrected chi connectivity index (χ1v) is 8.41. The third kappa shape index (κ3) is 3.60. The van der Waals surface area contributed by atoms with E-state index in [1.165, 1.54) is 0 Å². The first kappa shape index (κ1) is 16.9. The van der Waals surface area contributed by atoms with E-state index < -0.39 is 0 Å². The normalized spacial score (nSPS) is 10.6. The quantitative estimate of drug-likeness (QED) is 0.598.